The van der Waals surface area contributed by atoms with Crippen LogP contribution in [0.25, 0.3) is 86.6 Å². The van der Waals surface area contributed by atoms with E-state index in [1.54, 1.807) is 0 Å². The van der Waals surface area contributed by atoms with E-state index in [9.17, 15) is 0 Å². The van der Waals surface area contributed by atoms with Crippen LogP contribution in [0, 0.1) is 0 Å². The molecule has 0 saturated heterocycles. The first kappa shape index (κ1) is 35.6. The summed E-state index contributed by atoms with van der Waals surface area (Å²) >= 11 is 1.90. The Balaban J connectivity index is 1.13. The van der Waals surface area contributed by atoms with E-state index < -0.39 is 0 Å². The quantitative estimate of drug-likeness (QED) is 0.148. The zero-order chi connectivity index (χ0) is 39.8. The predicted molar refractivity (Wildman–Crippen MR) is 259 cm³/mol. The van der Waals surface area contributed by atoms with E-state index in [-0.39, 0.29) is 0 Å². The molecular weight excluding hydrogens is 743 g/mol. The monoisotopic (exact) mass is 781 g/mol. The van der Waals surface area contributed by atoms with Crippen molar-refractivity contribution in [2.45, 2.75) is 0 Å². The van der Waals surface area contributed by atoms with Crippen molar-refractivity contribution in [1.82, 2.24) is 0 Å². The van der Waals surface area contributed by atoms with E-state index in [1.165, 1.54) is 86.6 Å². The Morgan fingerprint density at radius 3 is 1.42 bits per heavy atom. The lowest BCUT2D eigenvalue weighted by atomic mass is 9.90. The number of hydrogen-bond donors (Lipinski definition) is 0. The number of nitrogens with zero attached hydrogens (tertiary/aromatic N) is 1. The van der Waals surface area contributed by atoms with Crippen LogP contribution < -0.4 is 4.90 Å². The molecule has 0 aliphatic heterocycles. The number of anilines is 3. The molecule has 0 aliphatic carbocycles. The van der Waals surface area contributed by atoms with E-state index in [2.05, 4.69) is 241 Å². The Morgan fingerprint density at radius 1 is 0.283 bits per heavy atom. The summed E-state index contributed by atoms with van der Waals surface area (Å²) in [5.41, 5.74) is 15.6. The first-order valence-electron chi connectivity index (χ1n) is 20.5. The molecule has 0 unspecified atom stereocenters. The van der Waals surface area contributed by atoms with Gasteiger partial charge < -0.3 is 4.90 Å². The van der Waals surface area contributed by atoms with Gasteiger partial charge in [-0.1, -0.05) is 206 Å². The Bertz CT molecular complexity index is 3260. The largest absolute Gasteiger partial charge is 0.309 e. The van der Waals surface area contributed by atoms with Crippen LogP contribution in [0.4, 0.5) is 17.1 Å². The van der Waals surface area contributed by atoms with Crippen molar-refractivity contribution >= 4 is 59.3 Å². The maximum Gasteiger partial charge on any atom is 0.0640 e. The Kier molecular flexibility index (Phi) is 9.11. The molecule has 11 aromatic rings. The van der Waals surface area contributed by atoms with Crippen LogP contribution in [0.3, 0.4) is 0 Å². The zero-order valence-corrected chi connectivity index (χ0v) is 33.7. The van der Waals surface area contributed by atoms with Crippen molar-refractivity contribution in [1.29, 1.82) is 0 Å². The molecule has 60 heavy (non-hydrogen) atoms. The smallest absolute Gasteiger partial charge is 0.0640 e. The standard InChI is InChI=1S/C58H39NS/c1-5-16-40(17-6-1)41-28-33-47(34-29-41)59(48-35-30-45(31-36-48)50-37-32-44-22-13-14-25-49(44)55(50)46-23-11-4-12-24-46)54-39-38-51(42-18-7-2-8-19-42)56-53-27-15-26-52(57(53)60-58(54)56)43-20-9-3-10-21-43/h1-39H. The van der Waals surface area contributed by atoms with Crippen molar-refractivity contribution in [3.05, 3.63) is 237 Å². The minimum atomic E-state index is 1.10. The summed E-state index contributed by atoms with van der Waals surface area (Å²) in [5.74, 6) is 0. The topological polar surface area (TPSA) is 3.24 Å². The van der Waals surface area contributed by atoms with Crippen LogP contribution in [-0.2, 0) is 0 Å². The third-order valence-electron chi connectivity index (χ3n) is 11.7. The van der Waals surface area contributed by atoms with Crippen molar-refractivity contribution in [3.63, 3.8) is 0 Å². The van der Waals surface area contributed by atoms with Gasteiger partial charge in [-0.05, 0) is 96.7 Å². The summed E-state index contributed by atoms with van der Waals surface area (Å²) in [4.78, 5) is 2.45. The molecule has 1 heterocycles. The minimum Gasteiger partial charge on any atom is -0.309 e. The number of benzene rings is 10. The molecule has 0 bridgehead atoms. The van der Waals surface area contributed by atoms with Gasteiger partial charge in [-0.2, -0.15) is 0 Å². The summed E-state index contributed by atoms with van der Waals surface area (Å²) in [5, 5.41) is 5.05. The van der Waals surface area contributed by atoms with E-state index in [0.29, 0.717) is 0 Å². The molecule has 0 aliphatic rings. The molecule has 0 N–H and O–H groups in total. The highest BCUT2D eigenvalue weighted by Crippen LogP contribution is 2.50. The van der Waals surface area contributed by atoms with Gasteiger partial charge in [0, 0.05) is 26.8 Å². The molecule has 1 aromatic heterocycles. The number of rotatable bonds is 8. The van der Waals surface area contributed by atoms with Gasteiger partial charge in [0.15, 0.2) is 0 Å². The molecule has 0 fully saturated rings. The molecular formula is C58H39NS. The van der Waals surface area contributed by atoms with Crippen molar-refractivity contribution in [3.8, 4) is 55.6 Å². The fraction of sp³-hybridized carbons (Fsp3) is 0. The molecule has 1 nitrogen and oxygen atoms in total. The average molecular weight is 782 g/mol. The Labute approximate surface area is 354 Å². The summed E-state index contributed by atoms with van der Waals surface area (Å²) in [6.45, 7) is 0. The van der Waals surface area contributed by atoms with Crippen LogP contribution in [0.5, 0.6) is 0 Å². The molecule has 0 atom stereocenters. The summed E-state index contributed by atoms with van der Waals surface area (Å²) in [6, 6.07) is 86.0. The molecule has 0 amide bonds. The van der Waals surface area contributed by atoms with Gasteiger partial charge >= 0.3 is 0 Å². The second kappa shape index (κ2) is 15.3. The average Bonchev–Trinajstić information content (AvgIpc) is 3.73. The maximum atomic E-state index is 2.45. The first-order chi connectivity index (χ1) is 29.8. The van der Waals surface area contributed by atoms with Gasteiger partial charge in [-0.15, -0.1) is 11.3 Å². The van der Waals surface area contributed by atoms with E-state index in [4.69, 9.17) is 0 Å². The Hall–Kier alpha value is -7.52. The molecule has 0 saturated carbocycles. The molecule has 0 radical (unpaired) electrons. The fourth-order valence-electron chi connectivity index (χ4n) is 8.85. The van der Waals surface area contributed by atoms with Crippen LogP contribution >= 0.6 is 11.3 Å². The zero-order valence-electron chi connectivity index (χ0n) is 32.9. The summed E-state index contributed by atoms with van der Waals surface area (Å²) in [6.07, 6.45) is 0. The third-order valence-corrected chi connectivity index (χ3v) is 13.0. The number of hydrogen-bond acceptors (Lipinski definition) is 2. The van der Waals surface area contributed by atoms with E-state index >= 15 is 0 Å². The highest BCUT2D eigenvalue weighted by molar-refractivity contribution is 7.27. The SMILES string of the molecule is c1ccc(-c2ccc(N(c3ccc(-c4ccc5ccccc5c4-c4ccccc4)cc3)c3ccc(-c4ccccc4)c4c3sc3c(-c5ccccc5)cccc34)cc2)cc1. The lowest BCUT2D eigenvalue weighted by molar-refractivity contribution is 1.30. The molecule has 11 rings (SSSR count). The molecule has 10 aromatic carbocycles. The van der Waals surface area contributed by atoms with Gasteiger partial charge in [-0.3, -0.25) is 0 Å². The molecule has 2 heteroatoms. The fourth-order valence-corrected chi connectivity index (χ4v) is 10.2. The van der Waals surface area contributed by atoms with Crippen molar-refractivity contribution < 1.29 is 0 Å². The number of thiophene rings is 1. The van der Waals surface area contributed by atoms with Crippen LogP contribution in [0.1, 0.15) is 0 Å². The lowest BCUT2D eigenvalue weighted by Crippen LogP contribution is -2.10. The maximum absolute atomic E-state index is 2.45. The second-order valence-corrected chi connectivity index (χ2v) is 16.2. The Morgan fingerprint density at radius 2 is 0.767 bits per heavy atom. The number of fused-ring (bicyclic) bond motifs is 4. The minimum absolute atomic E-state index is 1.10. The van der Waals surface area contributed by atoms with Gasteiger partial charge in [0.25, 0.3) is 0 Å². The van der Waals surface area contributed by atoms with Crippen LogP contribution in [-0.4, -0.2) is 0 Å². The summed E-state index contributed by atoms with van der Waals surface area (Å²) < 4.78 is 2.55. The van der Waals surface area contributed by atoms with Crippen molar-refractivity contribution in [2.75, 3.05) is 4.90 Å². The highest BCUT2D eigenvalue weighted by atomic mass is 32.1. The third kappa shape index (κ3) is 6.35. The van der Waals surface area contributed by atoms with Gasteiger partial charge in [0.1, 0.15) is 0 Å². The first-order valence-corrected chi connectivity index (χ1v) is 21.3. The lowest BCUT2D eigenvalue weighted by Gasteiger charge is -2.27. The second-order valence-electron chi connectivity index (χ2n) is 15.2. The highest BCUT2D eigenvalue weighted by Gasteiger charge is 2.23. The molecule has 0 spiro atoms. The normalized spacial score (nSPS) is 11.3. The van der Waals surface area contributed by atoms with Gasteiger partial charge in [0.2, 0.25) is 0 Å². The van der Waals surface area contributed by atoms with Crippen LogP contribution in [0.2, 0.25) is 0 Å². The van der Waals surface area contributed by atoms with Gasteiger partial charge in [-0.25, -0.2) is 0 Å². The molecule has 282 valence electrons. The summed E-state index contributed by atoms with van der Waals surface area (Å²) in [7, 11) is 0. The van der Waals surface area contributed by atoms with Gasteiger partial charge in [0.05, 0.1) is 10.4 Å². The van der Waals surface area contributed by atoms with Crippen molar-refractivity contribution in [2.24, 2.45) is 0 Å². The predicted octanol–water partition coefficient (Wildman–Crippen LogP) is 17.0. The van der Waals surface area contributed by atoms with E-state index in [0.717, 1.165) is 17.1 Å². The van der Waals surface area contributed by atoms with Crippen LogP contribution in [0.15, 0.2) is 237 Å². The van der Waals surface area contributed by atoms with E-state index in [1.807, 2.05) is 11.3 Å².